The van der Waals surface area contributed by atoms with Gasteiger partial charge in [0.2, 0.25) is 0 Å². The number of ether oxygens (including phenoxy) is 1. The van der Waals surface area contributed by atoms with Crippen molar-refractivity contribution in [2.75, 3.05) is 13.7 Å². The summed E-state index contributed by atoms with van der Waals surface area (Å²) < 4.78 is 6.86. The van der Waals surface area contributed by atoms with Crippen LogP contribution in [-0.2, 0) is 11.2 Å². The lowest BCUT2D eigenvalue weighted by atomic mass is 10.0. The zero-order chi connectivity index (χ0) is 21.7. The van der Waals surface area contributed by atoms with Gasteiger partial charge < -0.3 is 19.7 Å². The number of benzene rings is 1. The lowest BCUT2D eigenvalue weighted by Gasteiger charge is -2.18. The maximum atomic E-state index is 11.7. The number of esters is 1. The first-order valence-corrected chi connectivity index (χ1v) is 10.1. The van der Waals surface area contributed by atoms with Crippen LogP contribution in [0, 0.1) is 13.8 Å². The zero-order valence-corrected chi connectivity index (χ0v) is 17.9. The smallest absolute Gasteiger partial charge is 0.337 e. The predicted octanol–water partition coefficient (Wildman–Crippen LogP) is 3.53. The molecule has 0 bridgehead atoms. The van der Waals surface area contributed by atoms with Gasteiger partial charge in [-0.05, 0) is 63.1 Å². The summed E-state index contributed by atoms with van der Waals surface area (Å²) in [5.41, 5.74) is 4.60. The van der Waals surface area contributed by atoms with Crippen LogP contribution in [0.4, 0.5) is 0 Å². The molecule has 2 heterocycles. The number of rotatable bonds is 8. The SMILES string of the molecule is COC(=O)c1cccc(C[C@@H](C)NC[C@H](O)c2ccc(-n3c(C)ccc3C)nc2)c1. The Kier molecular flexibility index (Phi) is 7.03. The number of methoxy groups -OCH3 is 1. The number of aliphatic hydroxyl groups excluding tert-OH is 1. The van der Waals surface area contributed by atoms with Crippen molar-refractivity contribution in [1.29, 1.82) is 0 Å². The van der Waals surface area contributed by atoms with Crippen molar-refractivity contribution in [1.82, 2.24) is 14.9 Å². The van der Waals surface area contributed by atoms with Gasteiger partial charge in [-0.15, -0.1) is 0 Å². The average Bonchev–Trinajstić information content (AvgIpc) is 3.09. The van der Waals surface area contributed by atoms with Crippen molar-refractivity contribution in [3.05, 3.63) is 82.8 Å². The second-order valence-corrected chi connectivity index (χ2v) is 7.62. The summed E-state index contributed by atoms with van der Waals surface area (Å²) in [4.78, 5) is 16.2. The largest absolute Gasteiger partial charge is 0.465 e. The standard InChI is InChI=1S/C24H29N3O3/c1-16(12-19-6-5-7-20(13-19)24(29)30-4)25-15-22(28)21-10-11-23(26-14-21)27-17(2)8-9-18(27)3/h5-11,13-14,16,22,25,28H,12,15H2,1-4H3/t16-,22+/m1/s1. The monoisotopic (exact) mass is 407 g/mol. The average molecular weight is 408 g/mol. The first-order valence-electron chi connectivity index (χ1n) is 10.1. The topological polar surface area (TPSA) is 76.4 Å². The molecular formula is C24H29N3O3. The summed E-state index contributed by atoms with van der Waals surface area (Å²) in [6, 6.07) is 15.5. The van der Waals surface area contributed by atoms with E-state index in [1.165, 1.54) is 7.11 Å². The molecule has 0 unspecified atom stereocenters. The Morgan fingerprint density at radius 3 is 2.53 bits per heavy atom. The van der Waals surface area contributed by atoms with Crippen molar-refractivity contribution >= 4 is 5.97 Å². The van der Waals surface area contributed by atoms with Crippen molar-refractivity contribution in [3.63, 3.8) is 0 Å². The van der Waals surface area contributed by atoms with Gasteiger partial charge in [-0.2, -0.15) is 0 Å². The molecule has 0 saturated heterocycles. The van der Waals surface area contributed by atoms with E-state index in [1.54, 1.807) is 12.3 Å². The van der Waals surface area contributed by atoms with Crippen LogP contribution in [0.2, 0.25) is 0 Å². The van der Waals surface area contributed by atoms with Crippen LogP contribution in [-0.4, -0.2) is 40.3 Å². The number of hydrogen-bond donors (Lipinski definition) is 2. The van der Waals surface area contributed by atoms with E-state index < -0.39 is 6.10 Å². The molecule has 1 aromatic carbocycles. The lowest BCUT2D eigenvalue weighted by Crippen LogP contribution is -2.32. The Balaban J connectivity index is 1.56. The quantitative estimate of drug-likeness (QED) is 0.559. The van der Waals surface area contributed by atoms with E-state index in [2.05, 4.69) is 33.9 Å². The maximum absolute atomic E-state index is 11.7. The van der Waals surface area contributed by atoms with Gasteiger partial charge in [0, 0.05) is 35.7 Å². The van der Waals surface area contributed by atoms with Gasteiger partial charge in [0.05, 0.1) is 18.8 Å². The summed E-state index contributed by atoms with van der Waals surface area (Å²) >= 11 is 0. The number of aliphatic hydroxyl groups is 1. The normalized spacial score (nSPS) is 13.1. The number of nitrogens with one attached hydrogen (secondary N) is 1. The summed E-state index contributed by atoms with van der Waals surface area (Å²) in [6.07, 6.45) is 1.81. The third-order valence-electron chi connectivity index (χ3n) is 5.21. The Morgan fingerprint density at radius 1 is 1.17 bits per heavy atom. The fourth-order valence-corrected chi connectivity index (χ4v) is 3.56. The van der Waals surface area contributed by atoms with Crippen LogP contribution >= 0.6 is 0 Å². The van der Waals surface area contributed by atoms with Gasteiger partial charge >= 0.3 is 5.97 Å². The molecule has 0 fully saturated rings. The molecule has 0 amide bonds. The van der Waals surface area contributed by atoms with Crippen molar-refractivity contribution < 1.29 is 14.6 Å². The first kappa shape index (κ1) is 21.7. The molecule has 158 valence electrons. The van der Waals surface area contributed by atoms with Crippen LogP contribution in [0.25, 0.3) is 5.82 Å². The molecule has 0 aliphatic heterocycles. The lowest BCUT2D eigenvalue weighted by molar-refractivity contribution is 0.0600. The van der Waals surface area contributed by atoms with Crippen LogP contribution < -0.4 is 5.32 Å². The minimum Gasteiger partial charge on any atom is -0.465 e. The molecular weight excluding hydrogens is 378 g/mol. The van der Waals surface area contributed by atoms with Crippen LogP contribution in [0.5, 0.6) is 0 Å². The summed E-state index contributed by atoms with van der Waals surface area (Å²) in [7, 11) is 1.38. The van der Waals surface area contributed by atoms with Crippen LogP contribution in [0.15, 0.2) is 54.7 Å². The molecule has 0 spiro atoms. The third kappa shape index (κ3) is 5.14. The number of aryl methyl sites for hydroxylation is 2. The highest BCUT2D eigenvalue weighted by molar-refractivity contribution is 5.89. The highest BCUT2D eigenvalue weighted by Crippen LogP contribution is 2.17. The minimum atomic E-state index is -0.651. The van der Waals surface area contributed by atoms with Gasteiger partial charge in [-0.25, -0.2) is 9.78 Å². The van der Waals surface area contributed by atoms with Crippen molar-refractivity contribution in [2.45, 2.75) is 39.3 Å². The van der Waals surface area contributed by atoms with Crippen molar-refractivity contribution in [2.24, 2.45) is 0 Å². The third-order valence-corrected chi connectivity index (χ3v) is 5.21. The summed E-state index contributed by atoms with van der Waals surface area (Å²) in [5, 5.41) is 13.9. The first-order chi connectivity index (χ1) is 14.4. The predicted molar refractivity (Wildman–Crippen MR) is 117 cm³/mol. The number of nitrogens with zero attached hydrogens (tertiary/aromatic N) is 2. The molecule has 3 rings (SSSR count). The molecule has 0 aliphatic rings. The van der Waals surface area contributed by atoms with Crippen LogP contribution in [0.1, 0.15) is 45.9 Å². The van der Waals surface area contributed by atoms with E-state index in [1.807, 2.05) is 44.2 Å². The number of aromatic nitrogens is 2. The van der Waals surface area contributed by atoms with E-state index in [0.29, 0.717) is 12.1 Å². The van der Waals surface area contributed by atoms with Gasteiger partial charge in [-0.1, -0.05) is 18.2 Å². The maximum Gasteiger partial charge on any atom is 0.337 e. The summed E-state index contributed by atoms with van der Waals surface area (Å²) in [5.74, 6) is 0.506. The van der Waals surface area contributed by atoms with E-state index in [0.717, 1.165) is 34.8 Å². The zero-order valence-electron chi connectivity index (χ0n) is 17.9. The molecule has 30 heavy (non-hydrogen) atoms. The van der Waals surface area contributed by atoms with E-state index in [9.17, 15) is 9.90 Å². The number of hydrogen-bond acceptors (Lipinski definition) is 5. The fraction of sp³-hybridized carbons (Fsp3) is 0.333. The molecule has 3 aromatic rings. The molecule has 6 heteroatoms. The molecule has 0 saturated carbocycles. The second kappa shape index (κ2) is 9.69. The number of carbonyl (C=O) groups is 1. The van der Waals surface area contributed by atoms with Gasteiger partial charge in [0.15, 0.2) is 0 Å². The van der Waals surface area contributed by atoms with Crippen molar-refractivity contribution in [3.8, 4) is 5.82 Å². The van der Waals surface area contributed by atoms with Gasteiger partial charge in [0.1, 0.15) is 5.82 Å². The van der Waals surface area contributed by atoms with Gasteiger partial charge in [-0.3, -0.25) is 0 Å². The van der Waals surface area contributed by atoms with Crippen LogP contribution in [0.3, 0.4) is 0 Å². The number of carbonyl (C=O) groups excluding carboxylic acids is 1. The Labute approximate surface area is 177 Å². The minimum absolute atomic E-state index is 0.130. The van der Waals surface area contributed by atoms with E-state index in [-0.39, 0.29) is 12.0 Å². The highest BCUT2D eigenvalue weighted by atomic mass is 16.5. The van der Waals surface area contributed by atoms with E-state index in [4.69, 9.17) is 4.74 Å². The Hall–Kier alpha value is -2.96. The van der Waals surface area contributed by atoms with E-state index >= 15 is 0 Å². The van der Waals surface area contributed by atoms with Gasteiger partial charge in [0.25, 0.3) is 0 Å². The molecule has 0 aliphatic carbocycles. The molecule has 0 radical (unpaired) electrons. The fourth-order valence-electron chi connectivity index (χ4n) is 3.56. The molecule has 2 aromatic heterocycles. The molecule has 2 atom stereocenters. The highest BCUT2D eigenvalue weighted by Gasteiger charge is 2.13. The molecule has 2 N–H and O–H groups in total. The Bertz CT molecular complexity index is 976. The molecule has 6 nitrogen and oxygen atoms in total. The second-order valence-electron chi connectivity index (χ2n) is 7.62. The Morgan fingerprint density at radius 2 is 1.90 bits per heavy atom. The summed E-state index contributed by atoms with van der Waals surface area (Å²) in [6.45, 7) is 6.56. The number of pyridine rings is 1.